The Morgan fingerprint density at radius 1 is 1.32 bits per heavy atom. The van der Waals surface area contributed by atoms with Crippen LogP contribution in [-0.2, 0) is 6.54 Å². The van der Waals surface area contributed by atoms with E-state index in [1.165, 1.54) is 12.1 Å². The van der Waals surface area contributed by atoms with Crippen LogP contribution < -0.4 is 5.73 Å². The molecule has 1 amide bonds. The van der Waals surface area contributed by atoms with Crippen molar-refractivity contribution in [3.63, 3.8) is 0 Å². The van der Waals surface area contributed by atoms with E-state index in [-0.39, 0.29) is 16.9 Å². The zero-order valence-electron chi connectivity index (χ0n) is 10.5. The highest BCUT2D eigenvalue weighted by atomic mass is 35.5. The molecule has 98 valence electrons. The zero-order valence-corrected chi connectivity index (χ0v) is 11.3. The first kappa shape index (κ1) is 13.4. The molecular formula is C14H14ClN3O. The van der Waals surface area contributed by atoms with Crippen molar-refractivity contribution in [3.05, 3.63) is 58.7 Å². The number of nitrogens with two attached hydrogens (primary N) is 1. The predicted molar refractivity (Wildman–Crippen MR) is 75.9 cm³/mol. The molecule has 0 saturated heterocycles. The van der Waals surface area contributed by atoms with Gasteiger partial charge in [-0.3, -0.25) is 4.79 Å². The second-order valence-electron chi connectivity index (χ2n) is 4.25. The summed E-state index contributed by atoms with van der Waals surface area (Å²) in [6, 6.07) is 12.8. The fourth-order valence-electron chi connectivity index (χ4n) is 1.79. The van der Waals surface area contributed by atoms with E-state index in [2.05, 4.69) is 4.98 Å². The van der Waals surface area contributed by atoms with E-state index in [9.17, 15) is 4.79 Å². The molecule has 0 saturated carbocycles. The number of hydrogen-bond donors (Lipinski definition) is 1. The number of nitrogens with zero attached hydrogens (tertiary/aromatic N) is 2. The van der Waals surface area contributed by atoms with Crippen molar-refractivity contribution in [2.45, 2.75) is 6.54 Å². The molecule has 0 aliphatic heterocycles. The molecular weight excluding hydrogens is 262 g/mol. The minimum Gasteiger partial charge on any atom is -0.384 e. The molecule has 0 radical (unpaired) electrons. The van der Waals surface area contributed by atoms with Gasteiger partial charge >= 0.3 is 0 Å². The SMILES string of the molecule is CN(Cc1ccccc1)C(=O)c1cc(N)nc(Cl)c1. The van der Waals surface area contributed by atoms with Gasteiger partial charge in [0.05, 0.1) is 0 Å². The number of carbonyl (C=O) groups excluding carboxylic acids is 1. The first-order valence-electron chi connectivity index (χ1n) is 5.78. The van der Waals surface area contributed by atoms with E-state index in [0.29, 0.717) is 12.1 Å². The predicted octanol–water partition coefficient (Wildman–Crippen LogP) is 2.59. The van der Waals surface area contributed by atoms with Crippen LogP contribution in [0, 0.1) is 0 Å². The average Bonchev–Trinajstić information content (AvgIpc) is 2.37. The number of benzene rings is 1. The van der Waals surface area contributed by atoms with Crippen molar-refractivity contribution in [3.8, 4) is 0 Å². The van der Waals surface area contributed by atoms with Crippen LogP contribution in [0.1, 0.15) is 15.9 Å². The Balaban J connectivity index is 2.15. The first-order chi connectivity index (χ1) is 9.06. The van der Waals surface area contributed by atoms with Crippen LogP contribution in [0.2, 0.25) is 5.15 Å². The Labute approximate surface area is 116 Å². The average molecular weight is 276 g/mol. The highest BCUT2D eigenvalue weighted by molar-refractivity contribution is 6.29. The Kier molecular flexibility index (Phi) is 4.02. The zero-order chi connectivity index (χ0) is 13.8. The monoisotopic (exact) mass is 275 g/mol. The molecule has 19 heavy (non-hydrogen) atoms. The van der Waals surface area contributed by atoms with Crippen molar-refractivity contribution in [2.75, 3.05) is 12.8 Å². The van der Waals surface area contributed by atoms with Crippen molar-refractivity contribution >= 4 is 23.3 Å². The van der Waals surface area contributed by atoms with E-state index in [4.69, 9.17) is 17.3 Å². The van der Waals surface area contributed by atoms with E-state index >= 15 is 0 Å². The summed E-state index contributed by atoms with van der Waals surface area (Å²) in [4.78, 5) is 17.7. The van der Waals surface area contributed by atoms with Crippen molar-refractivity contribution in [1.82, 2.24) is 9.88 Å². The highest BCUT2D eigenvalue weighted by Crippen LogP contribution is 2.15. The van der Waals surface area contributed by atoms with E-state index < -0.39 is 0 Å². The number of pyridine rings is 1. The summed E-state index contributed by atoms with van der Waals surface area (Å²) in [7, 11) is 1.74. The second kappa shape index (κ2) is 5.71. The highest BCUT2D eigenvalue weighted by Gasteiger charge is 2.13. The molecule has 0 aliphatic rings. The number of carbonyl (C=O) groups is 1. The van der Waals surface area contributed by atoms with Crippen molar-refractivity contribution in [1.29, 1.82) is 0 Å². The van der Waals surface area contributed by atoms with Gasteiger partial charge in [-0.1, -0.05) is 41.9 Å². The first-order valence-corrected chi connectivity index (χ1v) is 6.16. The second-order valence-corrected chi connectivity index (χ2v) is 4.64. The molecule has 0 fully saturated rings. The molecule has 1 aromatic carbocycles. The quantitative estimate of drug-likeness (QED) is 0.876. The number of halogens is 1. The van der Waals surface area contributed by atoms with Gasteiger partial charge < -0.3 is 10.6 Å². The third-order valence-corrected chi connectivity index (χ3v) is 2.86. The number of hydrogen-bond acceptors (Lipinski definition) is 3. The van der Waals surface area contributed by atoms with Crippen LogP contribution in [-0.4, -0.2) is 22.8 Å². The van der Waals surface area contributed by atoms with Gasteiger partial charge in [0.1, 0.15) is 11.0 Å². The normalized spacial score (nSPS) is 10.2. The summed E-state index contributed by atoms with van der Waals surface area (Å²) >= 11 is 5.80. The number of aromatic nitrogens is 1. The number of nitrogen functional groups attached to an aromatic ring is 1. The molecule has 0 unspecified atom stereocenters. The van der Waals surface area contributed by atoms with Gasteiger partial charge in [0.15, 0.2) is 0 Å². The van der Waals surface area contributed by atoms with Gasteiger partial charge in [0.25, 0.3) is 5.91 Å². The minimum absolute atomic E-state index is 0.139. The van der Waals surface area contributed by atoms with E-state index in [1.54, 1.807) is 11.9 Å². The Morgan fingerprint density at radius 3 is 2.63 bits per heavy atom. The summed E-state index contributed by atoms with van der Waals surface area (Å²) in [5.41, 5.74) is 7.09. The summed E-state index contributed by atoms with van der Waals surface area (Å²) in [6.45, 7) is 0.527. The van der Waals surface area contributed by atoms with Gasteiger partial charge in [-0.25, -0.2) is 4.98 Å². The maximum atomic E-state index is 12.2. The van der Waals surface area contributed by atoms with Crippen molar-refractivity contribution < 1.29 is 4.79 Å². The molecule has 5 heteroatoms. The molecule has 0 atom stereocenters. The smallest absolute Gasteiger partial charge is 0.254 e. The molecule has 4 nitrogen and oxygen atoms in total. The Hall–Kier alpha value is -2.07. The molecule has 2 aromatic rings. The largest absolute Gasteiger partial charge is 0.384 e. The lowest BCUT2D eigenvalue weighted by atomic mass is 10.2. The van der Waals surface area contributed by atoms with Gasteiger partial charge in [0, 0.05) is 19.2 Å². The maximum absolute atomic E-state index is 12.2. The van der Waals surface area contributed by atoms with Gasteiger partial charge in [-0.05, 0) is 17.7 Å². The van der Waals surface area contributed by atoms with Crippen LogP contribution in [0.4, 0.5) is 5.82 Å². The minimum atomic E-state index is -0.139. The van der Waals surface area contributed by atoms with Crippen LogP contribution >= 0.6 is 11.6 Å². The maximum Gasteiger partial charge on any atom is 0.254 e. The van der Waals surface area contributed by atoms with E-state index in [1.807, 2.05) is 30.3 Å². The summed E-state index contributed by atoms with van der Waals surface area (Å²) in [5, 5.41) is 0.219. The van der Waals surface area contributed by atoms with Crippen LogP contribution in [0.5, 0.6) is 0 Å². The van der Waals surface area contributed by atoms with Gasteiger partial charge in [-0.15, -0.1) is 0 Å². The number of anilines is 1. The standard InChI is InChI=1S/C14H14ClN3O/c1-18(9-10-5-3-2-4-6-10)14(19)11-7-12(15)17-13(16)8-11/h2-8H,9H2,1H3,(H2,16,17). The van der Waals surface area contributed by atoms with E-state index in [0.717, 1.165) is 5.56 Å². The van der Waals surface area contributed by atoms with Crippen LogP contribution in [0.15, 0.2) is 42.5 Å². The Morgan fingerprint density at radius 2 is 2.00 bits per heavy atom. The van der Waals surface area contributed by atoms with Crippen LogP contribution in [0.3, 0.4) is 0 Å². The fraction of sp³-hybridized carbons (Fsp3) is 0.143. The summed E-state index contributed by atoms with van der Waals surface area (Å²) in [6.07, 6.45) is 0. The lowest BCUT2D eigenvalue weighted by molar-refractivity contribution is 0.0785. The van der Waals surface area contributed by atoms with Crippen LogP contribution in [0.25, 0.3) is 0 Å². The van der Waals surface area contributed by atoms with Gasteiger partial charge in [-0.2, -0.15) is 0 Å². The molecule has 1 aromatic heterocycles. The summed E-state index contributed by atoms with van der Waals surface area (Å²) < 4.78 is 0. The molecule has 2 rings (SSSR count). The third-order valence-electron chi connectivity index (χ3n) is 2.67. The topological polar surface area (TPSA) is 59.2 Å². The Bertz CT molecular complexity index is 566. The molecule has 1 heterocycles. The lowest BCUT2D eigenvalue weighted by Gasteiger charge is -2.17. The number of rotatable bonds is 3. The van der Waals surface area contributed by atoms with Crippen molar-refractivity contribution in [2.24, 2.45) is 0 Å². The number of amides is 1. The molecule has 0 aliphatic carbocycles. The molecule has 0 spiro atoms. The van der Waals surface area contributed by atoms with Gasteiger partial charge in [0.2, 0.25) is 0 Å². The summed E-state index contributed by atoms with van der Waals surface area (Å²) in [5.74, 6) is 0.101. The third kappa shape index (κ3) is 3.45. The fourth-order valence-corrected chi connectivity index (χ4v) is 2.01. The molecule has 2 N–H and O–H groups in total. The molecule has 0 bridgehead atoms. The lowest BCUT2D eigenvalue weighted by Crippen LogP contribution is -2.26.